The Morgan fingerprint density at radius 1 is 1.10 bits per heavy atom. The number of rotatable bonds is 15. The summed E-state index contributed by atoms with van der Waals surface area (Å²) in [4.78, 5) is 47.0. The highest BCUT2D eigenvalue weighted by Crippen LogP contribution is 2.33. The van der Waals surface area contributed by atoms with E-state index in [1.54, 1.807) is 24.1 Å². The number of esters is 1. The number of carbonyl (C=O) groups excluding carboxylic acids is 3. The quantitative estimate of drug-likeness (QED) is 0.143. The molecule has 3 fully saturated rings. The summed E-state index contributed by atoms with van der Waals surface area (Å²) in [5.74, 6) is -1.35. The first-order valence-electron chi connectivity index (χ1n) is 18.4. The molecule has 2 N–H and O–H groups in total. The number of aliphatic imine (C=N–C) groups is 1. The van der Waals surface area contributed by atoms with Crippen LogP contribution in [0.25, 0.3) is 6.08 Å². The van der Waals surface area contributed by atoms with Gasteiger partial charge in [0.2, 0.25) is 11.8 Å². The van der Waals surface area contributed by atoms with Crippen molar-refractivity contribution in [1.82, 2.24) is 15.1 Å². The van der Waals surface area contributed by atoms with Crippen LogP contribution in [0.5, 0.6) is 0 Å². The number of piperazine rings is 1. The third-order valence-electron chi connectivity index (χ3n) is 9.74. The molecule has 274 valence electrons. The minimum Gasteiger partial charge on any atom is -0.461 e. The number of anilines is 1. The van der Waals surface area contributed by atoms with Crippen LogP contribution in [-0.4, -0.2) is 64.7 Å². The average molecular weight is 696 g/mol. The SMILES string of the molecule is C=C(/N=C1\C(=C/C)N(C)C(=O)C(CC)N1C1CCCC1)Nc1c(F)cc(/C=C/CCCC(=O)NC(CC(C)C)C(=O)OC2CCCC2)cc1F. The molecule has 3 aliphatic rings. The van der Waals surface area contributed by atoms with Crippen LogP contribution in [0.1, 0.15) is 117 Å². The lowest BCUT2D eigenvalue weighted by Crippen LogP contribution is -2.60. The van der Waals surface area contributed by atoms with Gasteiger partial charge in [-0.25, -0.2) is 18.6 Å². The second-order valence-corrected chi connectivity index (χ2v) is 14.1. The molecule has 0 bridgehead atoms. The van der Waals surface area contributed by atoms with Gasteiger partial charge in [0.25, 0.3) is 0 Å². The number of benzene rings is 1. The van der Waals surface area contributed by atoms with Crippen LogP contribution < -0.4 is 10.6 Å². The van der Waals surface area contributed by atoms with E-state index in [4.69, 9.17) is 9.73 Å². The molecule has 0 radical (unpaired) electrons. The summed E-state index contributed by atoms with van der Waals surface area (Å²) in [5.41, 5.74) is 0.600. The van der Waals surface area contributed by atoms with Crippen molar-refractivity contribution in [2.45, 2.75) is 135 Å². The van der Waals surface area contributed by atoms with Gasteiger partial charge in [0.15, 0.2) is 5.84 Å². The van der Waals surface area contributed by atoms with E-state index in [2.05, 4.69) is 22.1 Å². The van der Waals surface area contributed by atoms with Gasteiger partial charge in [0, 0.05) is 19.5 Å². The lowest BCUT2D eigenvalue weighted by molar-refractivity contribution is -0.153. The molecule has 9 nitrogen and oxygen atoms in total. The number of amidine groups is 1. The Hall–Kier alpha value is -4.02. The third kappa shape index (κ3) is 10.0. The molecule has 1 aromatic carbocycles. The normalized spacial score (nSPS) is 21.2. The first-order chi connectivity index (χ1) is 23.9. The van der Waals surface area contributed by atoms with E-state index < -0.39 is 17.7 Å². The van der Waals surface area contributed by atoms with Crippen molar-refractivity contribution < 1.29 is 27.9 Å². The average Bonchev–Trinajstić information content (AvgIpc) is 3.79. The van der Waals surface area contributed by atoms with Gasteiger partial charge in [-0.1, -0.05) is 58.4 Å². The van der Waals surface area contributed by atoms with E-state index in [-0.39, 0.29) is 59.8 Å². The van der Waals surface area contributed by atoms with Crippen LogP contribution in [0.3, 0.4) is 0 Å². The minimum atomic E-state index is -0.799. The minimum absolute atomic E-state index is 0.000606. The summed E-state index contributed by atoms with van der Waals surface area (Å²) < 4.78 is 36.1. The third-order valence-corrected chi connectivity index (χ3v) is 9.74. The van der Waals surface area contributed by atoms with Gasteiger partial charge in [0.1, 0.15) is 41.3 Å². The van der Waals surface area contributed by atoms with Gasteiger partial charge in [-0.15, -0.1) is 0 Å². The molecule has 50 heavy (non-hydrogen) atoms. The van der Waals surface area contributed by atoms with E-state index in [1.165, 1.54) is 12.1 Å². The molecule has 2 unspecified atom stereocenters. The highest BCUT2D eigenvalue weighted by Gasteiger charge is 2.42. The second kappa shape index (κ2) is 18.3. The topological polar surface area (TPSA) is 103 Å². The molecule has 2 saturated carbocycles. The van der Waals surface area contributed by atoms with E-state index in [1.807, 2.05) is 33.8 Å². The Kier molecular flexibility index (Phi) is 14.2. The van der Waals surface area contributed by atoms with Crippen molar-refractivity contribution in [3.63, 3.8) is 0 Å². The van der Waals surface area contributed by atoms with Crippen molar-refractivity contribution in [1.29, 1.82) is 0 Å². The summed E-state index contributed by atoms with van der Waals surface area (Å²) in [5, 5.41) is 5.56. The fourth-order valence-corrected chi connectivity index (χ4v) is 7.22. The molecule has 4 rings (SSSR count). The maximum Gasteiger partial charge on any atom is 0.328 e. The molecule has 2 atom stereocenters. The maximum atomic E-state index is 15.2. The molecule has 11 heteroatoms. The van der Waals surface area contributed by atoms with Gasteiger partial charge in [-0.05, 0) is 94.7 Å². The molecule has 0 spiro atoms. The van der Waals surface area contributed by atoms with Gasteiger partial charge < -0.3 is 25.2 Å². The smallest absolute Gasteiger partial charge is 0.328 e. The fraction of sp³-hybridized carbons (Fsp3) is 0.590. The monoisotopic (exact) mass is 695 g/mol. The van der Waals surface area contributed by atoms with E-state index >= 15 is 8.78 Å². The van der Waals surface area contributed by atoms with E-state index in [0.717, 1.165) is 51.4 Å². The number of likely N-dealkylation sites (N-methyl/N-ethyl adjacent to an activating group) is 1. The fourth-order valence-electron chi connectivity index (χ4n) is 7.22. The van der Waals surface area contributed by atoms with Crippen LogP contribution in [0.15, 0.2) is 47.4 Å². The van der Waals surface area contributed by atoms with Crippen molar-refractivity contribution in [3.8, 4) is 0 Å². The van der Waals surface area contributed by atoms with Gasteiger partial charge in [-0.2, -0.15) is 0 Å². The summed E-state index contributed by atoms with van der Waals surface area (Å²) in [6.45, 7) is 11.8. The predicted octanol–water partition coefficient (Wildman–Crippen LogP) is 7.85. The Labute approximate surface area is 296 Å². The van der Waals surface area contributed by atoms with Crippen LogP contribution in [0.4, 0.5) is 14.5 Å². The molecule has 0 aromatic heterocycles. The largest absolute Gasteiger partial charge is 0.461 e. The number of hydrogen-bond donors (Lipinski definition) is 2. The van der Waals surface area contributed by atoms with E-state index in [0.29, 0.717) is 42.8 Å². The zero-order valence-electron chi connectivity index (χ0n) is 30.4. The summed E-state index contributed by atoms with van der Waals surface area (Å²) in [6, 6.07) is 1.56. The van der Waals surface area contributed by atoms with Crippen molar-refractivity contribution >= 4 is 35.4 Å². The number of halogens is 2. The number of nitrogens with zero attached hydrogens (tertiary/aromatic N) is 3. The molecular weight excluding hydrogens is 640 g/mol. The highest BCUT2D eigenvalue weighted by molar-refractivity contribution is 6.08. The first-order valence-corrected chi connectivity index (χ1v) is 18.4. The van der Waals surface area contributed by atoms with E-state index in [9.17, 15) is 14.4 Å². The van der Waals surface area contributed by atoms with Gasteiger partial charge in [0.05, 0.1) is 5.70 Å². The zero-order valence-corrected chi connectivity index (χ0v) is 30.4. The van der Waals surface area contributed by atoms with Crippen LogP contribution in [0.2, 0.25) is 0 Å². The molecule has 1 aromatic rings. The zero-order chi connectivity index (χ0) is 36.4. The predicted molar refractivity (Wildman–Crippen MR) is 194 cm³/mol. The number of unbranched alkanes of at least 4 members (excludes halogenated alkanes) is 1. The highest BCUT2D eigenvalue weighted by atomic mass is 19.1. The Balaban J connectivity index is 1.35. The Morgan fingerprint density at radius 3 is 2.34 bits per heavy atom. The number of allylic oxidation sites excluding steroid dienone is 2. The van der Waals surface area contributed by atoms with Crippen molar-refractivity contribution in [2.75, 3.05) is 12.4 Å². The molecule has 1 heterocycles. The number of amides is 2. The lowest BCUT2D eigenvalue weighted by Gasteiger charge is -2.45. The standard InChI is InChI=1S/C39H55F2N5O4/c1-7-33-37(46(28-17-12-13-18-28)34(8-2)38(48)45(33)6)43-26(5)42-36-30(40)23-27(24-31(36)41)16-10-9-11-21-35(47)44-32(22-25(3)4)39(49)50-29-19-14-15-20-29/h7,10,16,23-25,28-29,32,34,42H,5,8-9,11-15,17-22H2,1-4,6H3,(H,44,47)/b16-10+,33-7+,43-37+. The van der Waals surface area contributed by atoms with Crippen LogP contribution >= 0.6 is 0 Å². The van der Waals surface area contributed by atoms with Crippen molar-refractivity contribution in [2.24, 2.45) is 10.9 Å². The Morgan fingerprint density at radius 2 is 1.74 bits per heavy atom. The lowest BCUT2D eigenvalue weighted by atomic mass is 10.0. The van der Waals surface area contributed by atoms with Crippen LogP contribution in [-0.2, 0) is 19.1 Å². The molecule has 1 aliphatic heterocycles. The first kappa shape index (κ1) is 38.8. The molecule has 2 amide bonds. The number of carbonyl (C=O) groups is 3. The molecule has 2 aliphatic carbocycles. The van der Waals surface area contributed by atoms with Gasteiger partial charge >= 0.3 is 5.97 Å². The number of hydrogen-bond acceptors (Lipinski definition) is 6. The molecular formula is C39H55F2N5O4. The Bertz CT molecular complexity index is 1450. The summed E-state index contributed by atoms with van der Waals surface area (Å²) in [7, 11) is 1.72. The second-order valence-electron chi connectivity index (χ2n) is 14.1. The maximum absolute atomic E-state index is 15.2. The summed E-state index contributed by atoms with van der Waals surface area (Å²) >= 11 is 0. The van der Waals surface area contributed by atoms with Crippen molar-refractivity contribution in [3.05, 3.63) is 59.6 Å². The number of ether oxygens (including phenoxy) is 1. The summed E-state index contributed by atoms with van der Waals surface area (Å²) in [6.07, 6.45) is 15.4. The number of nitrogens with one attached hydrogen (secondary N) is 2. The van der Waals surface area contributed by atoms with Crippen LogP contribution in [0, 0.1) is 17.6 Å². The molecule has 1 saturated heterocycles. The van der Waals surface area contributed by atoms with Gasteiger partial charge in [-0.3, -0.25) is 9.59 Å².